The predicted molar refractivity (Wildman–Crippen MR) is 73.5 cm³/mol. The van der Waals surface area contributed by atoms with Crippen LogP contribution < -0.4 is 4.74 Å². The Morgan fingerprint density at radius 3 is 3.00 bits per heavy atom. The topological polar surface area (TPSA) is 47.5 Å². The molecule has 2 heterocycles. The average molecular weight is 286 g/mol. The maximum Gasteiger partial charge on any atom is 0.218 e. The second-order valence-corrected chi connectivity index (χ2v) is 5.21. The quantitative estimate of drug-likeness (QED) is 0.776. The number of piperidine rings is 1. The van der Waals surface area contributed by atoms with Crippen LogP contribution in [0.15, 0.2) is 6.07 Å². The smallest absolute Gasteiger partial charge is 0.218 e. The van der Waals surface area contributed by atoms with Crippen LogP contribution in [0.1, 0.15) is 25.1 Å². The van der Waals surface area contributed by atoms with Crippen molar-refractivity contribution in [1.82, 2.24) is 14.9 Å². The van der Waals surface area contributed by atoms with Crippen LogP contribution >= 0.6 is 11.6 Å². The van der Waals surface area contributed by atoms with E-state index >= 15 is 0 Å². The van der Waals surface area contributed by atoms with Gasteiger partial charge in [-0.25, -0.2) is 4.98 Å². The van der Waals surface area contributed by atoms with Crippen LogP contribution in [-0.4, -0.2) is 48.2 Å². The Labute approximate surface area is 118 Å². The van der Waals surface area contributed by atoms with Crippen LogP contribution in [0.5, 0.6) is 5.88 Å². The van der Waals surface area contributed by atoms with E-state index in [1.165, 1.54) is 19.3 Å². The van der Waals surface area contributed by atoms with E-state index in [-0.39, 0.29) is 0 Å². The van der Waals surface area contributed by atoms with Gasteiger partial charge < -0.3 is 14.4 Å². The van der Waals surface area contributed by atoms with E-state index in [0.717, 1.165) is 6.54 Å². The Balaban J connectivity index is 1.94. The number of nitrogens with zero attached hydrogens (tertiary/aromatic N) is 3. The molecule has 106 valence electrons. The van der Waals surface area contributed by atoms with Crippen LogP contribution in [0.2, 0.25) is 5.15 Å². The van der Waals surface area contributed by atoms with E-state index in [1.54, 1.807) is 13.2 Å². The molecule has 1 fully saturated rings. The fourth-order valence-corrected chi connectivity index (χ4v) is 2.44. The summed E-state index contributed by atoms with van der Waals surface area (Å²) in [6, 6.07) is 2.09. The molecule has 1 atom stereocenters. The Hall–Kier alpha value is -0.910. The summed E-state index contributed by atoms with van der Waals surface area (Å²) in [6.07, 6.45) is 3.70. The van der Waals surface area contributed by atoms with Crippen LogP contribution in [-0.2, 0) is 11.3 Å². The molecule has 1 aromatic rings. The molecule has 0 saturated carbocycles. The van der Waals surface area contributed by atoms with Crippen LogP contribution in [0.4, 0.5) is 0 Å². The van der Waals surface area contributed by atoms with Gasteiger partial charge in [-0.2, -0.15) is 4.98 Å². The molecule has 1 unspecified atom stereocenters. The third kappa shape index (κ3) is 4.30. The normalized spacial score (nSPS) is 20.5. The molecule has 0 spiro atoms. The first-order valence-corrected chi connectivity index (χ1v) is 6.92. The summed E-state index contributed by atoms with van der Waals surface area (Å²) in [6.45, 7) is 2.10. The summed E-state index contributed by atoms with van der Waals surface area (Å²) in [7, 11) is 3.73. The maximum absolute atomic E-state index is 5.94. The minimum absolute atomic E-state index is 0.334. The number of rotatable bonds is 5. The number of methoxy groups -OCH3 is 1. The minimum Gasteiger partial charge on any atom is -0.476 e. The zero-order valence-corrected chi connectivity index (χ0v) is 12.2. The molecule has 5 nitrogen and oxygen atoms in total. The Morgan fingerprint density at radius 2 is 2.26 bits per heavy atom. The molecule has 1 saturated heterocycles. The molecule has 0 radical (unpaired) electrons. The number of likely N-dealkylation sites (tertiary alicyclic amines) is 1. The van der Waals surface area contributed by atoms with Gasteiger partial charge >= 0.3 is 0 Å². The number of aromatic nitrogens is 2. The third-order valence-corrected chi connectivity index (χ3v) is 3.53. The first-order valence-electron chi connectivity index (χ1n) is 6.54. The van der Waals surface area contributed by atoms with Crippen LogP contribution in [0.25, 0.3) is 0 Å². The number of hydrogen-bond acceptors (Lipinski definition) is 5. The number of likely N-dealkylation sites (N-methyl/N-ethyl adjacent to an activating group) is 1. The zero-order chi connectivity index (χ0) is 13.7. The first-order chi connectivity index (χ1) is 9.19. The molecular formula is C13H20ClN3O2. The second-order valence-electron chi connectivity index (χ2n) is 4.82. The van der Waals surface area contributed by atoms with Gasteiger partial charge in [-0.05, 0) is 26.4 Å². The van der Waals surface area contributed by atoms with Gasteiger partial charge in [-0.15, -0.1) is 0 Å². The Bertz CT molecular complexity index is 417. The summed E-state index contributed by atoms with van der Waals surface area (Å²) in [5.41, 5.74) is 0. The van der Waals surface area contributed by atoms with Crippen molar-refractivity contribution in [2.45, 2.75) is 31.9 Å². The summed E-state index contributed by atoms with van der Waals surface area (Å²) >= 11 is 5.94. The van der Waals surface area contributed by atoms with Crippen molar-refractivity contribution in [3.63, 3.8) is 0 Å². The lowest BCUT2D eigenvalue weighted by molar-refractivity contribution is 0.121. The highest BCUT2D eigenvalue weighted by atomic mass is 35.5. The molecule has 6 heteroatoms. The third-order valence-electron chi connectivity index (χ3n) is 3.34. The van der Waals surface area contributed by atoms with E-state index in [4.69, 9.17) is 21.1 Å². The molecule has 0 bridgehead atoms. The van der Waals surface area contributed by atoms with Gasteiger partial charge in [0.2, 0.25) is 5.88 Å². The summed E-state index contributed by atoms with van der Waals surface area (Å²) < 4.78 is 10.8. The van der Waals surface area contributed by atoms with E-state index in [2.05, 4.69) is 21.9 Å². The Morgan fingerprint density at radius 1 is 1.42 bits per heavy atom. The van der Waals surface area contributed by atoms with Crippen molar-refractivity contribution < 1.29 is 9.47 Å². The SMILES string of the molecule is COCc1nc(Cl)cc(OCC2CCCCN2C)n1. The minimum atomic E-state index is 0.334. The molecule has 0 amide bonds. The highest BCUT2D eigenvalue weighted by molar-refractivity contribution is 6.29. The Kier molecular flexibility index (Phi) is 5.36. The van der Waals surface area contributed by atoms with Crippen LogP contribution in [0.3, 0.4) is 0 Å². The van der Waals surface area contributed by atoms with Gasteiger partial charge in [0, 0.05) is 19.2 Å². The fourth-order valence-electron chi connectivity index (χ4n) is 2.25. The van der Waals surface area contributed by atoms with E-state index in [9.17, 15) is 0 Å². The molecular weight excluding hydrogens is 266 g/mol. The molecule has 1 aliphatic rings. The molecule has 0 aromatic carbocycles. The predicted octanol–water partition coefficient (Wildman–Crippen LogP) is 2.14. The van der Waals surface area contributed by atoms with Crippen molar-refractivity contribution in [3.8, 4) is 5.88 Å². The summed E-state index contributed by atoms with van der Waals surface area (Å²) in [4.78, 5) is 10.7. The van der Waals surface area contributed by atoms with E-state index < -0.39 is 0 Å². The molecule has 19 heavy (non-hydrogen) atoms. The highest BCUT2D eigenvalue weighted by Crippen LogP contribution is 2.18. The lowest BCUT2D eigenvalue weighted by Gasteiger charge is -2.31. The molecule has 0 aliphatic carbocycles. The monoisotopic (exact) mass is 285 g/mol. The second kappa shape index (κ2) is 7.03. The summed E-state index contributed by atoms with van der Waals surface area (Å²) in [5.74, 6) is 1.06. The standard InChI is InChI=1S/C13H20ClN3O2/c1-17-6-4-3-5-10(17)8-19-13-7-11(14)15-12(16-13)9-18-2/h7,10H,3-6,8-9H2,1-2H3. The average Bonchev–Trinajstić information content (AvgIpc) is 2.37. The van der Waals surface area contributed by atoms with E-state index in [0.29, 0.717) is 36.1 Å². The largest absolute Gasteiger partial charge is 0.476 e. The lowest BCUT2D eigenvalue weighted by atomic mass is 10.0. The maximum atomic E-state index is 5.94. The van der Waals surface area contributed by atoms with Crippen molar-refractivity contribution >= 4 is 11.6 Å². The van der Waals surface area contributed by atoms with Gasteiger partial charge in [0.25, 0.3) is 0 Å². The number of ether oxygens (including phenoxy) is 2. The first kappa shape index (κ1) is 14.5. The van der Waals surface area contributed by atoms with E-state index in [1.807, 2.05) is 0 Å². The van der Waals surface area contributed by atoms with Gasteiger partial charge in [0.05, 0.1) is 0 Å². The molecule has 1 aliphatic heterocycles. The van der Waals surface area contributed by atoms with Crippen molar-refractivity contribution in [3.05, 3.63) is 17.0 Å². The molecule has 0 N–H and O–H groups in total. The number of hydrogen-bond donors (Lipinski definition) is 0. The fraction of sp³-hybridized carbons (Fsp3) is 0.692. The van der Waals surface area contributed by atoms with Crippen molar-refractivity contribution in [2.24, 2.45) is 0 Å². The van der Waals surface area contributed by atoms with Crippen molar-refractivity contribution in [1.29, 1.82) is 0 Å². The van der Waals surface area contributed by atoms with Gasteiger partial charge in [-0.3, -0.25) is 0 Å². The van der Waals surface area contributed by atoms with Crippen molar-refractivity contribution in [2.75, 3.05) is 27.3 Å². The molecule has 1 aromatic heterocycles. The van der Waals surface area contributed by atoms with Gasteiger partial charge in [-0.1, -0.05) is 18.0 Å². The van der Waals surface area contributed by atoms with Gasteiger partial charge in [0.1, 0.15) is 18.4 Å². The molecule has 2 rings (SSSR count). The van der Waals surface area contributed by atoms with Crippen LogP contribution in [0, 0.1) is 0 Å². The highest BCUT2D eigenvalue weighted by Gasteiger charge is 2.19. The number of halogens is 1. The van der Waals surface area contributed by atoms with Gasteiger partial charge in [0.15, 0.2) is 5.82 Å². The zero-order valence-electron chi connectivity index (χ0n) is 11.4. The summed E-state index contributed by atoms with van der Waals surface area (Å²) in [5, 5.41) is 0.383. The lowest BCUT2D eigenvalue weighted by Crippen LogP contribution is -2.40.